The number of hydrogen-bond donors (Lipinski definition) is 3. The number of thiocarbonyl (C=S) groups is 1. The molecule has 1 aliphatic carbocycles. The fraction of sp³-hybridized carbons (Fsp3) is 0.565. The molecule has 1 aromatic heterocycles. The van der Waals surface area contributed by atoms with Gasteiger partial charge >= 0.3 is 0 Å². The maximum absolute atomic E-state index is 12.7. The Morgan fingerprint density at radius 3 is 2.73 bits per heavy atom. The fourth-order valence-electron chi connectivity index (χ4n) is 3.93. The first kappa shape index (κ1) is 22.6. The van der Waals surface area contributed by atoms with Gasteiger partial charge in [0, 0.05) is 22.5 Å². The van der Waals surface area contributed by atoms with Gasteiger partial charge in [-0.2, -0.15) is 0 Å². The number of quaternary nitrogens is 1. The zero-order valence-corrected chi connectivity index (χ0v) is 19.2. The zero-order chi connectivity index (χ0) is 21.5. The summed E-state index contributed by atoms with van der Waals surface area (Å²) in [7, 11) is 4.27. The van der Waals surface area contributed by atoms with Crippen LogP contribution in [-0.2, 0) is 6.54 Å². The molecular weight excluding hydrogens is 396 g/mol. The average Bonchev–Trinajstić information content (AvgIpc) is 2.72. The second-order valence-electron chi connectivity index (χ2n) is 8.47. The molecule has 6 nitrogen and oxygen atoms in total. The molecule has 0 radical (unpaired) electrons. The highest BCUT2D eigenvalue weighted by molar-refractivity contribution is 7.80. The summed E-state index contributed by atoms with van der Waals surface area (Å²) in [5.41, 5.74) is 1.48. The highest BCUT2D eigenvalue weighted by Crippen LogP contribution is 2.20. The average molecular weight is 432 g/mol. The first-order valence-electron chi connectivity index (χ1n) is 11.1. The Morgan fingerprint density at radius 1 is 1.27 bits per heavy atom. The minimum absolute atomic E-state index is 0.0608. The number of H-pyrrole nitrogens is 1. The van der Waals surface area contributed by atoms with E-state index >= 15 is 0 Å². The predicted molar refractivity (Wildman–Crippen MR) is 126 cm³/mol. The third-order valence-electron chi connectivity index (χ3n) is 5.67. The first-order chi connectivity index (χ1) is 14.5. The summed E-state index contributed by atoms with van der Waals surface area (Å²) >= 11 is 5.78. The summed E-state index contributed by atoms with van der Waals surface area (Å²) in [5.74, 6) is 0.811. The minimum Gasteiger partial charge on any atom is -0.494 e. The Labute approximate surface area is 184 Å². The number of nitrogens with one attached hydrogen (secondary N) is 3. The van der Waals surface area contributed by atoms with E-state index in [9.17, 15) is 4.79 Å². The summed E-state index contributed by atoms with van der Waals surface area (Å²) in [4.78, 5) is 19.3. The maximum atomic E-state index is 12.7. The third kappa shape index (κ3) is 6.19. The largest absolute Gasteiger partial charge is 0.494 e. The summed E-state index contributed by atoms with van der Waals surface area (Å²) in [6.45, 7) is 4.83. The molecule has 0 bridgehead atoms. The number of nitrogens with zero attached hydrogens (tertiary/aromatic N) is 1. The first-order valence-corrected chi connectivity index (χ1v) is 11.5. The molecule has 0 amide bonds. The van der Waals surface area contributed by atoms with Gasteiger partial charge < -0.3 is 24.8 Å². The van der Waals surface area contributed by atoms with Gasteiger partial charge in [-0.15, -0.1) is 0 Å². The van der Waals surface area contributed by atoms with E-state index in [0.29, 0.717) is 19.2 Å². The molecule has 0 spiro atoms. The molecule has 3 N–H and O–H groups in total. The molecule has 164 valence electrons. The molecule has 1 saturated carbocycles. The SMILES string of the molecule is CCOc1ccc2[nH]c(=O)c(CN(CC[NH+](C)C)C(=S)NC3CCCCC3)cc2c1. The molecule has 0 saturated heterocycles. The molecule has 2 aromatic rings. The van der Waals surface area contributed by atoms with E-state index in [1.165, 1.54) is 37.0 Å². The molecule has 7 heteroatoms. The number of aromatic amines is 1. The monoisotopic (exact) mass is 431 g/mol. The summed E-state index contributed by atoms with van der Waals surface area (Å²) in [6.07, 6.45) is 6.17. The molecule has 0 atom stereocenters. The number of rotatable bonds is 8. The molecule has 1 aliphatic rings. The molecule has 30 heavy (non-hydrogen) atoms. The quantitative estimate of drug-likeness (QED) is 0.559. The highest BCUT2D eigenvalue weighted by atomic mass is 32.1. The molecule has 1 heterocycles. The lowest BCUT2D eigenvalue weighted by Crippen LogP contribution is -3.06. The summed E-state index contributed by atoms with van der Waals surface area (Å²) in [5, 5.41) is 5.29. The molecule has 0 aliphatic heterocycles. The maximum Gasteiger partial charge on any atom is 0.253 e. The van der Waals surface area contributed by atoms with Crippen LogP contribution in [0, 0.1) is 0 Å². The lowest BCUT2D eigenvalue weighted by atomic mass is 9.96. The fourth-order valence-corrected chi connectivity index (χ4v) is 4.26. The van der Waals surface area contributed by atoms with Crippen molar-refractivity contribution >= 4 is 28.2 Å². The number of fused-ring (bicyclic) bond motifs is 1. The molecule has 1 fully saturated rings. The molecule has 1 aromatic carbocycles. The van der Waals surface area contributed by atoms with Crippen molar-refractivity contribution in [3.63, 3.8) is 0 Å². The van der Waals surface area contributed by atoms with Gasteiger partial charge in [-0.05, 0) is 56.2 Å². The van der Waals surface area contributed by atoms with Crippen LogP contribution >= 0.6 is 12.2 Å². The van der Waals surface area contributed by atoms with Crippen molar-refractivity contribution in [2.45, 2.75) is 51.6 Å². The van der Waals surface area contributed by atoms with Crippen LogP contribution in [0.2, 0.25) is 0 Å². The van der Waals surface area contributed by atoms with Gasteiger partial charge in [-0.25, -0.2) is 0 Å². The Balaban J connectivity index is 1.80. The van der Waals surface area contributed by atoms with Gasteiger partial charge in [-0.1, -0.05) is 19.3 Å². The van der Waals surface area contributed by atoms with E-state index in [4.69, 9.17) is 17.0 Å². The predicted octanol–water partition coefficient (Wildman–Crippen LogP) is 2.08. The Morgan fingerprint density at radius 2 is 2.03 bits per heavy atom. The zero-order valence-electron chi connectivity index (χ0n) is 18.4. The standard InChI is InChI=1S/C23H34N4O2S/c1-4-29-20-10-11-21-17(15-20)14-18(22(28)25-21)16-27(13-12-26(2)3)23(30)24-19-8-6-5-7-9-19/h10-11,14-15,19H,4-9,12-13,16H2,1-3H3,(H,24,30)(H,25,28)/p+1. The highest BCUT2D eigenvalue weighted by Gasteiger charge is 2.19. The van der Waals surface area contributed by atoms with E-state index in [2.05, 4.69) is 29.3 Å². The third-order valence-corrected chi connectivity index (χ3v) is 6.04. The van der Waals surface area contributed by atoms with E-state index in [1.807, 2.05) is 31.2 Å². The van der Waals surface area contributed by atoms with Gasteiger partial charge in [0.25, 0.3) is 5.56 Å². The summed E-state index contributed by atoms with van der Waals surface area (Å²) < 4.78 is 5.62. The topological polar surface area (TPSA) is 61.8 Å². The number of likely N-dealkylation sites (N-methyl/N-ethyl adjacent to an activating group) is 1. The Bertz CT molecular complexity index is 906. The van der Waals surface area contributed by atoms with Crippen molar-refractivity contribution in [3.8, 4) is 5.75 Å². The van der Waals surface area contributed by atoms with Crippen molar-refractivity contribution in [1.29, 1.82) is 0 Å². The van der Waals surface area contributed by atoms with Crippen molar-refractivity contribution in [1.82, 2.24) is 15.2 Å². The second kappa shape index (κ2) is 10.8. The van der Waals surface area contributed by atoms with E-state index in [0.717, 1.165) is 40.4 Å². The van der Waals surface area contributed by atoms with Crippen LogP contribution in [-0.4, -0.2) is 54.8 Å². The Hall–Kier alpha value is -2.12. The minimum atomic E-state index is -0.0608. The van der Waals surface area contributed by atoms with Crippen LogP contribution in [0.4, 0.5) is 0 Å². The van der Waals surface area contributed by atoms with Crippen molar-refractivity contribution < 1.29 is 9.64 Å². The second-order valence-corrected chi connectivity index (χ2v) is 8.86. The normalized spacial score (nSPS) is 14.8. The smallest absolute Gasteiger partial charge is 0.253 e. The van der Waals surface area contributed by atoms with Gasteiger partial charge in [-0.3, -0.25) is 4.79 Å². The van der Waals surface area contributed by atoms with Crippen molar-refractivity contribution in [2.24, 2.45) is 0 Å². The van der Waals surface area contributed by atoms with E-state index in [1.54, 1.807) is 0 Å². The van der Waals surface area contributed by atoms with Gasteiger partial charge in [0.15, 0.2) is 5.11 Å². The van der Waals surface area contributed by atoms with E-state index < -0.39 is 0 Å². The number of ether oxygens (including phenoxy) is 1. The molecule has 3 rings (SSSR count). The van der Waals surface area contributed by atoms with Crippen LogP contribution in [0.1, 0.15) is 44.6 Å². The van der Waals surface area contributed by atoms with Crippen molar-refractivity contribution in [2.75, 3.05) is 33.8 Å². The van der Waals surface area contributed by atoms with Crippen LogP contribution in [0.5, 0.6) is 5.75 Å². The van der Waals surface area contributed by atoms with Gasteiger partial charge in [0.1, 0.15) is 5.75 Å². The number of hydrogen-bond acceptors (Lipinski definition) is 3. The lowest BCUT2D eigenvalue weighted by molar-refractivity contribution is -0.857. The van der Waals surface area contributed by atoms with Crippen LogP contribution in [0.15, 0.2) is 29.1 Å². The lowest BCUT2D eigenvalue weighted by Gasteiger charge is -2.31. The number of aromatic nitrogens is 1. The van der Waals surface area contributed by atoms with Crippen molar-refractivity contribution in [3.05, 3.63) is 40.2 Å². The summed E-state index contributed by atoms with van der Waals surface area (Å²) in [6, 6.07) is 8.18. The van der Waals surface area contributed by atoms with Crippen LogP contribution in [0.25, 0.3) is 10.9 Å². The van der Waals surface area contributed by atoms with Gasteiger partial charge in [0.2, 0.25) is 0 Å². The molecule has 0 unspecified atom stereocenters. The number of benzene rings is 1. The van der Waals surface area contributed by atoms with E-state index in [-0.39, 0.29) is 5.56 Å². The van der Waals surface area contributed by atoms with Crippen LogP contribution in [0.3, 0.4) is 0 Å². The molecular formula is C23H35N4O2S+. The number of pyridine rings is 1. The van der Waals surface area contributed by atoms with Crippen LogP contribution < -0.4 is 20.5 Å². The Kier molecular flexibility index (Phi) is 8.10. The van der Waals surface area contributed by atoms with Gasteiger partial charge in [0.05, 0.1) is 40.3 Å².